The van der Waals surface area contributed by atoms with Gasteiger partial charge in [-0.3, -0.25) is 9.66 Å². The second-order valence-electron chi connectivity index (χ2n) is 9.60. The van der Waals surface area contributed by atoms with E-state index < -0.39 is 7.37 Å². The van der Waals surface area contributed by atoms with Crippen LogP contribution in [0.1, 0.15) is 31.4 Å². The van der Waals surface area contributed by atoms with Crippen molar-refractivity contribution in [3.63, 3.8) is 0 Å². The van der Waals surface area contributed by atoms with E-state index in [1.54, 1.807) is 6.66 Å². The largest absolute Gasteiger partial charge is 0.381 e. The van der Waals surface area contributed by atoms with Gasteiger partial charge in [0.25, 0.3) is 0 Å². The maximum Gasteiger partial charge on any atom is 0.229 e. The molecule has 3 aromatic carbocycles. The number of fused-ring (bicyclic) bond motifs is 2. The van der Waals surface area contributed by atoms with E-state index in [1.165, 1.54) is 17.8 Å². The molecule has 37 heavy (non-hydrogen) atoms. The van der Waals surface area contributed by atoms with Gasteiger partial charge in [0.15, 0.2) is 0 Å². The molecule has 1 saturated heterocycles. The topological polar surface area (TPSA) is 69.1 Å². The highest BCUT2D eigenvalue weighted by Gasteiger charge is 2.28. The Morgan fingerprint density at radius 1 is 1.11 bits per heavy atom. The van der Waals surface area contributed by atoms with Crippen LogP contribution < -0.4 is 5.30 Å². The van der Waals surface area contributed by atoms with Gasteiger partial charge in [-0.25, -0.2) is 4.39 Å². The molecule has 1 N–H and O–H groups in total. The van der Waals surface area contributed by atoms with Gasteiger partial charge < -0.3 is 13.8 Å². The number of aromatic nitrogens is 3. The number of nitrogens with zero attached hydrogens (tertiary/aromatic N) is 2. The zero-order valence-corrected chi connectivity index (χ0v) is 21.8. The Hall–Kier alpha value is -3.25. The number of nitrogens with one attached hydrogen (secondary N) is 1. The first kappa shape index (κ1) is 24.1. The highest BCUT2D eigenvalue weighted by atomic mass is 31.2. The van der Waals surface area contributed by atoms with Crippen LogP contribution in [0, 0.1) is 5.82 Å². The zero-order chi connectivity index (χ0) is 25.6. The molecular formula is C29H29FN3O3P. The lowest BCUT2D eigenvalue weighted by molar-refractivity contribution is 0.0843. The summed E-state index contributed by atoms with van der Waals surface area (Å²) in [6.07, 6.45) is 3.62. The fraction of sp³-hybridized carbons (Fsp3) is 0.276. The van der Waals surface area contributed by atoms with Crippen LogP contribution in [0.5, 0.6) is 0 Å². The number of hydrogen-bond acceptors (Lipinski definition) is 4. The van der Waals surface area contributed by atoms with Crippen molar-refractivity contribution in [2.75, 3.05) is 26.5 Å². The van der Waals surface area contributed by atoms with Crippen molar-refractivity contribution in [1.29, 1.82) is 0 Å². The van der Waals surface area contributed by atoms with Gasteiger partial charge in [-0.05, 0) is 73.9 Å². The molecule has 0 spiro atoms. The van der Waals surface area contributed by atoms with Gasteiger partial charge in [0, 0.05) is 58.8 Å². The number of ether oxygens (including phenoxy) is 1. The maximum atomic E-state index is 13.9. The standard InChI is InChI=1S/C29H29FN3O3P/c1-3-36-37(2,34)24-10-4-19(5-11-24)28-25-17-26-21(18-31-32-26)16-27(25)33(23-8-6-22(30)7-9-23)29(28)20-12-14-35-15-13-20/h4-11,16-18,20H,3,12-15H2,1-2H3,(H,31,32). The molecule has 6 nitrogen and oxygen atoms in total. The molecule has 1 atom stereocenters. The minimum atomic E-state index is -2.88. The molecule has 1 unspecified atom stereocenters. The van der Waals surface area contributed by atoms with Crippen molar-refractivity contribution in [2.24, 2.45) is 0 Å². The number of rotatable bonds is 6. The Labute approximate surface area is 214 Å². The monoisotopic (exact) mass is 517 g/mol. The number of halogens is 1. The van der Waals surface area contributed by atoms with E-state index >= 15 is 0 Å². The van der Waals surface area contributed by atoms with Crippen LogP contribution in [0.25, 0.3) is 38.6 Å². The normalized spacial score (nSPS) is 16.4. The van der Waals surface area contributed by atoms with Gasteiger partial charge in [0.2, 0.25) is 7.37 Å². The van der Waals surface area contributed by atoms with E-state index in [0.717, 1.165) is 51.5 Å². The molecule has 0 amide bonds. The van der Waals surface area contributed by atoms with E-state index in [9.17, 15) is 8.96 Å². The van der Waals surface area contributed by atoms with Crippen molar-refractivity contribution in [2.45, 2.75) is 25.7 Å². The summed E-state index contributed by atoms with van der Waals surface area (Å²) < 4.78 is 40.5. The molecule has 1 fully saturated rings. The van der Waals surface area contributed by atoms with Gasteiger partial charge in [-0.15, -0.1) is 0 Å². The Morgan fingerprint density at radius 2 is 1.84 bits per heavy atom. The summed E-state index contributed by atoms with van der Waals surface area (Å²) in [6, 6.07) is 18.9. The fourth-order valence-electron chi connectivity index (χ4n) is 5.49. The average molecular weight is 518 g/mol. The summed E-state index contributed by atoms with van der Waals surface area (Å²) in [7, 11) is -2.88. The minimum absolute atomic E-state index is 0.262. The molecule has 0 saturated carbocycles. The first-order chi connectivity index (χ1) is 18.0. The Bertz CT molecular complexity index is 1620. The van der Waals surface area contributed by atoms with Gasteiger partial charge >= 0.3 is 0 Å². The lowest BCUT2D eigenvalue weighted by atomic mass is 9.90. The molecule has 0 radical (unpaired) electrons. The summed E-state index contributed by atoms with van der Waals surface area (Å²) >= 11 is 0. The minimum Gasteiger partial charge on any atom is -0.381 e. The lowest BCUT2D eigenvalue weighted by Crippen LogP contribution is -2.17. The van der Waals surface area contributed by atoms with Gasteiger partial charge in [0.05, 0.1) is 23.8 Å². The molecule has 2 aromatic heterocycles. The maximum absolute atomic E-state index is 13.9. The van der Waals surface area contributed by atoms with Crippen molar-refractivity contribution in [3.8, 4) is 16.8 Å². The van der Waals surface area contributed by atoms with Crippen molar-refractivity contribution < 1.29 is 18.2 Å². The first-order valence-corrected chi connectivity index (χ1v) is 14.7. The molecule has 0 aliphatic carbocycles. The third-order valence-electron chi connectivity index (χ3n) is 7.26. The van der Waals surface area contributed by atoms with Gasteiger partial charge in [-0.2, -0.15) is 5.10 Å². The Kier molecular flexibility index (Phi) is 6.23. The molecule has 3 heterocycles. The highest BCUT2D eigenvalue weighted by Crippen LogP contribution is 2.46. The van der Waals surface area contributed by atoms with E-state index in [4.69, 9.17) is 9.26 Å². The van der Waals surface area contributed by atoms with Crippen LogP contribution in [-0.4, -0.2) is 41.2 Å². The molecule has 0 bridgehead atoms. The number of hydrogen-bond donors (Lipinski definition) is 1. The predicted molar refractivity (Wildman–Crippen MR) is 146 cm³/mol. The molecule has 6 rings (SSSR count). The number of aromatic amines is 1. The fourth-order valence-corrected chi connectivity index (χ4v) is 6.83. The Morgan fingerprint density at radius 3 is 2.54 bits per heavy atom. The summed E-state index contributed by atoms with van der Waals surface area (Å²) in [5.41, 5.74) is 6.24. The summed E-state index contributed by atoms with van der Waals surface area (Å²) in [6.45, 7) is 5.31. The zero-order valence-electron chi connectivity index (χ0n) is 20.9. The van der Waals surface area contributed by atoms with Gasteiger partial charge in [0.1, 0.15) is 5.82 Å². The van der Waals surface area contributed by atoms with Crippen molar-refractivity contribution >= 4 is 34.5 Å². The van der Waals surface area contributed by atoms with Crippen LogP contribution in [0.4, 0.5) is 4.39 Å². The number of benzene rings is 3. The third-order valence-corrected chi connectivity index (χ3v) is 9.24. The predicted octanol–water partition coefficient (Wildman–Crippen LogP) is 6.78. The summed E-state index contributed by atoms with van der Waals surface area (Å²) in [5.74, 6) is -0.00259. The quantitative estimate of drug-likeness (QED) is 0.252. The summed E-state index contributed by atoms with van der Waals surface area (Å²) in [4.78, 5) is 0. The first-order valence-electron chi connectivity index (χ1n) is 12.6. The molecular weight excluding hydrogens is 488 g/mol. The Balaban J connectivity index is 1.65. The van der Waals surface area contributed by atoms with Gasteiger partial charge in [-0.1, -0.05) is 12.1 Å². The molecule has 8 heteroatoms. The average Bonchev–Trinajstić information content (AvgIpc) is 3.50. The highest BCUT2D eigenvalue weighted by molar-refractivity contribution is 7.66. The smallest absolute Gasteiger partial charge is 0.229 e. The van der Waals surface area contributed by atoms with Crippen LogP contribution >= 0.6 is 7.37 Å². The van der Waals surface area contributed by atoms with Crippen LogP contribution in [-0.2, 0) is 13.8 Å². The molecule has 190 valence electrons. The van der Waals surface area contributed by atoms with E-state index in [2.05, 4.69) is 26.9 Å². The van der Waals surface area contributed by atoms with E-state index in [0.29, 0.717) is 25.1 Å². The molecule has 5 aromatic rings. The van der Waals surface area contributed by atoms with Crippen LogP contribution in [0.3, 0.4) is 0 Å². The second-order valence-corrected chi connectivity index (χ2v) is 12.1. The number of H-pyrrole nitrogens is 1. The second kappa shape index (κ2) is 9.56. The molecule has 1 aliphatic heterocycles. The molecule has 1 aliphatic rings. The van der Waals surface area contributed by atoms with E-state index in [1.807, 2.05) is 49.5 Å². The van der Waals surface area contributed by atoms with Crippen LogP contribution in [0.15, 0.2) is 66.9 Å². The van der Waals surface area contributed by atoms with E-state index in [-0.39, 0.29) is 11.7 Å². The van der Waals surface area contributed by atoms with Crippen molar-refractivity contribution in [3.05, 3.63) is 78.4 Å². The van der Waals surface area contributed by atoms with Crippen LogP contribution in [0.2, 0.25) is 0 Å². The third kappa shape index (κ3) is 4.31. The lowest BCUT2D eigenvalue weighted by Gasteiger charge is -2.26. The SMILES string of the molecule is CCOP(C)(=O)c1ccc(-c2c(C3CCOCC3)n(-c3ccc(F)cc3)c3cc4cn[nH]c4cc23)cc1. The van der Waals surface area contributed by atoms with Crippen molar-refractivity contribution in [1.82, 2.24) is 14.8 Å². The summed E-state index contributed by atoms with van der Waals surface area (Å²) in [5, 5.41) is 10.1.